The van der Waals surface area contributed by atoms with Crippen LogP contribution in [0.15, 0.2) is 54.6 Å². The molecule has 0 spiro atoms. The first-order valence-electron chi connectivity index (χ1n) is 8.35. The fraction of sp³-hybridized carbons (Fsp3) is 0.200. The van der Waals surface area contributed by atoms with Crippen LogP contribution in [-0.4, -0.2) is 37.4 Å². The molecule has 1 aliphatic rings. The van der Waals surface area contributed by atoms with Crippen LogP contribution in [0.2, 0.25) is 5.02 Å². The highest BCUT2D eigenvalue weighted by molar-refractivity contribution is 6.31. The van der Waals surface area contributed by atoms with E-state index in [-0.39, 0.29) is 0 Å². The molecule has 0 saturated carbocycles. The van der Waals surface area contributed by atoms with Gasteiger partial charge in [-0.25, -0.2) is 4.98 Å². The number of nitrogens with zero attached hydrogens (tertiary/aromatic N) is 3. The number of fused-ring (bicyclic) bond motifs is 1. The summed E-state index contributed by atoms with van der Waals surface area (Å²) in [5.41, 5.74) is 2.71. The third-order valence-electron chi connectivity index (χ3n) is 4.61. The van der Waals surface area contributed by atoms with E-state index in [1.807, 2.05) is 30.3 Å². The van der Waals surface area contributed by atoms with Crippen LogP contribution in [0, 0.1) is 0 Å². The van der Waals surface area contributed by atoms with E-state index < -0.39 is 0 Å². The molecule has 126 valence electrons. The Bertz CT molecular complexity index is 905. The van der Waals surface area contributed by atoms with Crippen molar-refractivity contribution in [1.29, 1.82) is 0 Å². The smallest absolute Gasteiger partial charge is 0.153 e. The number of anilines is 2. The van der Waals surface area contributed by atoms with Crippen LogP contribution >= 0.6 is 11.6 Å². The number of piperazine rings is 1. The number of halogens is 1. The highest BCUT2D eigenvalue weighted by Gasteiger charge is 2.21. The van der Waals surface area contributed by atoms with Gasteiger partial charge in [-0.3, -0.25) is 4.79 Å². The van der Waals surface area contributed by atoms with Gasteiger partial charge < -0.3 is 9.80 Å². The van der Waals surface area contributed by atoms with Gasteiger partial charge in [0, 0.05) is 42.3 Å². The summed E-state index contributed by atoms with van der Waals surface area (Å²) in [5, 5.41) is 1.54. The molecular weight excluding hydrogens is 334 g/mol. The molecule has 0 bridgehead atoms. The first-order chi connectivity index (χ1) is 12.2. The lowest BCUT2D eigenvalue weighted by Gasteiger charge is -2.37. The molecule has 5 heteroatoms. The standard InChI is InChI=1S/C20H18ClN3O/c21-17-6-7-19-15(13-17)12-16(14-25)20(22-19)24-10-8-23(9-11-24)18-4-2-1-3-5-18/h1-7,12-14H,8-11H2. The van der Waals surface area contributed by atoms with Crippen LogP contribution in [-0.2, 0) is 0 Å². The molecule has 2 heterocycles. The molecule has 0 N–H and O–H groups in total. The monoisotopic (exact) mass is 351 g/mol. The number of hydrogen-bond donors (Lipinski definition) is 0. The molecular formula is C20H18ClN3O. The first kappa shape index (κ1) is 15.9. The summed E-state index contributed by atoms with van der Waals surface area (Å²) in [6.07, 6.45) is 0.881. The topological polar surface area (TPSA) is 36.4 Å². The van der Waals surface area contributed by atoms with Gasteiger partial charge in [-0.05, 0) is 36.4 Å². The number of carbonyl (C=O) groups is 1. The third kappa shape index (κ3) is 3.17. The zero-order chi connectivity index (χ0) is 17.2. The van der Waals surface area contributed by atoms with Crippen LogP contribution in [0.5, 0.6) is 0 Å². The van der Waals surface area contributed by atoms with Crippen molar-refractivity contribution in [1.82, 2.24) is 4.98 Å². The minimum Gasteiger partial charge on any atom is -0.368 e. The van der Waals surface area contributed by atoms with Gasteiger partial charge in [0.25, 0.3) is 0 Å². The van der Waals surface area contributed by atoms with E-state index in [0.717, 1.165) is 49.2 Å². The predicted octanol–water partition coefficient (Wildman–Crippen LogP) is 4.03. The van der Waals surface area contributed by atoms with Crippen molar-refractivity contribution in [2.45, 2.75) is 0 Å². The number of hydrogen-bond acceptors (Lipinski definition) is 4. The second-order valence-electron chi connectivity index (χ2n) is 6.17. The minimum absolute atomic E-state index is 0.614. The van der Waals surface area contributed by atoms with Crippen molar-refractivity contribution >= 4 is 40.3 Å². The maximum atomic E-state index is 11.6. The van der Waals surface area contributed by atoms with Gasteiger partial charge in [-0.1, -0.05) is 29.8 Å². The van der Waals surface area contributed by atoms with E-state index in [4.69, 9.17) is 16.6 Å². The number of rotatable bonds is 3. The summed E-state index contributed by atoms with van der Waals surface area (Å²) in [7, 11) is 0. The van der Waals surface area contributed by atoms with Crippen LogP contribution in [0.4, 0.5) is 11.5 Å². The number of pyridine rings is 1. The Morgan fingerprint density at radius 1 is 0.920 bits per heavy atom. The van der Waals surface area contributed by atoms with E-state index in [2.05, 4.69) is 34.1 Å². The fourth-order valence-corrected chi connectivity index (χ4v) is 3.49. The summed E-state index contributed by atoms with van der Waals surface area (Å²) >= 11 is 6.04. The average Bonchev–Trinajstić information content (AvgIpc) is 2.67. The zero-order valence-electron chi connectivity index (χ0n) is 13.7. The Hall–Kier alpha value is -2.59. The highest BCUT2D eigenvalue weighted by atomic mass is 35.5. The Kier molecular flexibility index (Phi) is 4.28. The highest BCUT2D eigenvalue weighted by Crippen LogP contribution is 2.26. The largest absolute Gasteiger partial charge is 0.368 e. The lowest BCUT2D eigenvalue weighted by Crippen LogP contribution is -2.47. The van der Waals surface area contributed by atoms with Crippen LogP contribution < -0.4 is 9.80 Å². The van der Waals surface area contributed by atoms with Gasteiger partial charge >= 0.3 is 0 Å². The molecule has 2 aromatic carbocycles. The second-order valence-corrected chi connectivity index (χ2v) is 6.60. The molecule has 4 rings (SSSR count). The minimum atomic E-state index is 0.614. The maximum Gasteiger partial charge on any atom is 0.153 e. The van der Waals surface area contributed by atoms with Gasteiger partial charge in [0.2, 0.25) is 0 Å². The van der Waals surface area contributed by atoms with Crippen molar-refractivity contribution in [3.63, 3.8) is 0 Å². The van der Waals surface area contributed by atoms with E-state index in [9.17, 15) is 4.79 Å². The lowest BCUT2D eigenvalue weighted by atomic mass is 10.1. The van der Waals surface area contributed by atoms with Gasteiger partial charge in [-0.2, -0.15) is 0 Å². The van der Waals surface area contributed by atoms with E-state index >= 15 is 0 Å². The number of para-hydroxylation sites is 1. The molecule has 0 aliphatic carbocycles. The normalized spacial score (nSPS) is 14.8. The molecule has 0 amide bonds. The number of carbonyl (C=O) groups excluding carboxylic acids is 1. The molecule has 1 aliphatic heterocycles. The van der Waals surface area contributed by atoms with Crippen molar-refractivity contribution in [2.75, 3.05) is 36.0 Å². The number of aldehydes is 1. The van der Waals surface area contributed by atoms with Gasteiger partial charge in [-0.15, -0.1) is 0 Å². The van der Waals surface area contributed by atoms with E-state index in [0.29, 0.717) is 10.6 Å². The zero-order valence-corrected chi connectivity index (χ0v) is 14.5. The summed E-state index contributed by atoms with van der Waals surface area (Å²) in [4.78, 5) is 20.9. The average molecular weight is 352 g/mol. The van der Waals surface area contributed by atoms with Crippen molar-refractivity contribution < 1.29 is 4.79 Å². The summed E-state index contributed by atoms with van der Waals surface area (Å²) in [5.74, 6) is 0.762. The van der Waals surface area contributed by atoms with Crippen molar-refractivity contribution in [3.05, 3.63) is 65.2 Å². The maximum absolute atomic E-state index is 11.6. The lowest BCUT2D eigenvalue weighted by molar-refractivity contribution is 0.112. The van der Waals surface area contributed by atoms with Crippen molar-refractivity contribution in [3.8, 4) is 0 Å². The third-order valence-corrected chi connectivity index (χ3v) is 4.85. The van der Waals surface area contributed by atoms with Crippen LogP contribution in [0.1, 0.15) is 10.4 Å². The molecule has 25 heavy (non-hydrogen) atoms. The summed E-state index contributed by atoms with van der Waals surface area (Å²) < 4.78 is 0. The Morgan fingerprint density at radius 3 is 2.36 bits per heavy atom. The quantitative estimate of drug-likeness (QED) is 0.668. The first-order valence-corrected chi connectivity index (χ1v) is 8.73. The molecule has 3 aromatic rings. The molecule has 0 radical (unpaired) electrons. The molecule has 0 unspecified atom stereocenters. The molecule has 1 saturated heterocycles. The van der Waals surface area contributed by atoms with Crippen LogP contribution in [0.3, 0.4) is 0 Å². The van der Waals surface area contributed by atoms with Gasteiger partial charge in [0.15, 0.2) is 6.29 Å². The molecule has 0 atom stereocenters. The van der Waals surface area contributed by atoms with E-state index in [1.54, 1.807) is 0 Å². The number of aromatic nitrogens is 1. The molecule has 1 aromatic heterocycles. The predicted molar refractivity (Wildman–Crippen MR) is 103 cm³/mol. The molecule has 1 fully saturated rings. The molecule has 4 nitrogen and oxygen atoms in total. The van der Waals surface area contributed by atoms with Gasteiger partial charge in [0.1, 0.15) is 5.82 Å². The van der Waals surface area contributed by atoms with Gasteiger partial charge in [0.05, 0.1) is 11.1 Å². The Balaban J connectivity index is 1.60. The second kappa shape index (κ2) is 6.73. The Morgan fingerprint density at radius 2 is 1.64 bits per heavy atom. The van der Waals surface area contributed by atoms with E-state index in [1.165, 1.54) is 5.69 Å². The SMILES string of the molecule is O=Cc1cc2cc(Cl)ccc2nc1N1CCN(c2ccccc2)CC1. The Labute approximate surface area is 151 Å². The van der Waals surface area contributed by atoms with Crippen molar-refractivity contribution in [2.24, 2.45) is 0 Å². The number of benzene rings is 2. The summed E-state index contributed by atoms with van der Waals surface area (Å²) in [6.45, 7) is 3.48. The summed E-state index contributed by atoms with van der Waals surface area (Å²) in [6, 6.07) is 17.8. The van der Waals surface area contributed by atoms with Crippen LogP contribution in [0.25, 0.3) is 10.9 Å². The fourth-order valence-electron chi connectivity index (χ4n) is 3.31.